The molecule has 0 spiro atoms. The van der Waals surface area contributed by atoms with Crippen molar-refractivity contribution in [3.05, 3.63) is 83.9 Å². The van der Waals surface area contributed by atoms with Crippen LogP contribution in [0, 0.1) is 0 Å². The van der Waals surface area contributed by atoms with Crippen LogP contribution in [0.2, 0.25) is 0 Å². The summed E-state index contributed by atoms with van der Waals surface area (Å²) in [4.78, 5) is 31.9. The van der Waals surface area contributed by atoms with E-state index in [1.165, 1.54) is 37.3 Å². The van der Waals surface area contributed by atoms with Gasteiger partial charge in [0.25, 0.3) is 5.91 Å². The Morgan fingerprint density at radius 3 is 2.42 bits per heavy atom. The van der Waals surface area contributed by atoms with Crippen molar-refractivity contribution in [3.63, 3.8) is 0 Å². The monoisotopic (exact) mass is 458 g/mol. The van der Waals surface area contributed by atoms with Gasteiger partial charge in [-0.05, 0) is 37.3 Å². The van der Waals surface area contributed by atoms with Gasteiger partial charge >= 0.3 is 12.3 Å². The standard InChI is InChI=1S/C22H17F3N4O4/c1-21(19(30)29(20(31)33-21)28-15-5-3-2-4-6-15)14-7-9-17(10-8-14)32-13-16-11-12-26-18(27-16)22(23,24)25/h2-12,28H,13H2,1H3. The minimum Gasteiger partial charge on any atom is -0.487 e. The Hall–Kier alpha value is -4.15. The molecule has 2 amide bonds. The average molecular weight is 458 g/mol. The Morgan fingerprint density at radius 1 is 1.06 bits per heavy atom. The van der Waals surface area contributed by atoms with Crippen LogP contribution in [0.5, 0.6) is 5.75 Å². The number of para-hydroxylation sites is 1. The molecular weight excluding hydrogens is 441 g/mol. The van der Waals surface area contributed by atoms with E-state index in [9.17, 15) is 22.8 Å². The average Bonchev–Trinajstić information content (AvgIpc) is 3.02. The maximum Gasteiger partial charge on any atom is 0.451 e. The molecule has 0 aliphatic carbocycles. The number of hydrogen-bond acceptors (Lipinski definition) is 7. The quantitative estimate of drug-likeness (QED) is 0.589. The Morgan fingerprint density at radius 2 is 1.76 bits per heavy atom. The molecule has 1 N–H and O–H groups in total. The first-order valence-corrected chi connectivity index (χ1v) is 9.68. The van der Waals surface area contributed by atoms with Crippen LogP contribution in [-0.4, -0.2) is 27.0 Å². The molecule has 170 valence electrons. The Labute approximate surface area is 185 Å². The smallest absolute Gasteiger partial charge is 0.451 e. The molecule has 1 aliphatic heterocycles. The Kier molecular flexibility index (Phi) is 5.62. The van der Waals surface area contributed by atoms with Gasteiger partial charge in [0, 0.05) is 11.8 Å². The largest absolute Gasteiger partial charge is 0.487 e. The predicted octanol–water partition coefficient (Wildman–Crippen LogP) is 4.30. The number of nitrogens with zero attached hydrogens (tertiary/aromatic N) is 3. The lowest BCUT2D eigenvalue weighted by molar-refractivity contribution is -0.145. The number of imide groups is 1. The molecular formula is C22H17F3N4O4. The van der Waals surface area contributed by atoms with Gasteiger partial charge in [-0.1, -0.05) is 30.3 Å². The summed E-state index contributed by atoms with van der Waals surface area (Å²) in [5, 5.41) is 0.799. The number of cyclic esters (lactones) is 1. The molecule has 1 fully saturated rings. The fourth-order valence-corrected chi connectivity index (χ4v) is 3.12. The zero-order valence-electron chi connectivity index (χ0n) is 17.2. The first kappa shape index (κ1) is 22.1. The molecule has 0 bridgehead atoms. The Bertz CT molecular complexity index is 1170. The van der Waals surface area contributed by atoms with E-state index in [1.807, 2.05) is 0 Å². The SMILES string of the molecule is CC1(c2ccc(OCc3ccnc(C(F)(F)F)n3)cc2)OC(=O)N(Nc2ccccc2)C1=O. The van der Waals surface area contributed by atoms with Gasteiger partial charge in [-0.25, -0.2) is 14.8 Å². The van der Waals surface area contributed by atoms with Crippen LogP contribution < -0.4 is 10.2 Å². The van der Waals surface area contributed by atoms with Crippen molar-refractivity contribution in [1.29, 1.82) is 0 Å². The summed E-state index contributed by atoms with van der Waals surface area (Å²) in [5.41, 5.74) is 2.14. The van der Waals surface area contributed by atoms with Crippen LogP contribution in [0.1, 0.15) is 24.0 Å². The number of benzene rings is 2. The number of hydrazine groups is 1. The fourth-order valence-electron chi connectivity index (χ4n) is 3.12. The first-order chi connectivity index (χ1) is 15.7. The van der Waals surface area contributed by atoms with E-state index < -0.39 is 29.6 Å². The van der Waals surface area contributed by atoms with E-state index >= 15 is 0 Å². The number of hydrogen-bond donors (Lipinski definition) is 1. The van der Waals surface area contributed by atoms with Crippen LogP contribution >= 0.6 is 0 Å². The van der Waals surface area contributed by atoms with E-state index in [4.69, 9.17) is 9.47 Å². The zero-order valence-corrected chi connectivity index (χ0v) is 17.2. The number of alkyl halides is 3. The van der Waals surface area contributed by atoms with Gasteiger partial charge in [-0.15, -0.1) is 5.01 Å². The molecule has 1 aliphatic rings. The molecule has 1 unspecified atom stereocenters. The number of halogens is 3. The summed E-state index contributed by atoms with van der Waals surface area (Å²) in [6.07, 6.45) is -4.49. The van der Waals surface area contributed by atoms with Gasteiger partial charge in [0.05, 0.1) is 11.4 Å². The highest BCUT2D eigenvalue weighted by Gasteiger charge is 2.52. The molecule has 1 aromatic heterocycles. The second-order valence-corrected chi connectivity index (χ2v) is 7.20. The molecule has 2 heterocycles. The third kappa shape index (κ3) is 4.56. The van der Waals surface area contributed by atoms with Crippen molar-refractivity contribution < 1.29 is 32.2 Å². The summed E-state index contributed by atoms with van der Waals surface area (Å²) in [6.45, 7) is 1.25. The summed E-state index contributed by atoms with van der Waals surface area (Å²) < 4.78 is 49.0. The van der Waals surface area contributed by atoms with Gasteiger partial charge < -0.3 is 9.47 Å². The Balaban J connectivity index is 1.44. The molecule has 0 saturated carbocycles. The van der Waals surface area contributed by atoms with Crippen LogP contribution in [0.4, 0.5) is 23.7 Å². The van der Waals surface area contributed by atoms with E-state index in [0.717, 1.165) is 11.2 Å². The van der Waals surface area contributed by atoms with E-state index in [-0.39, 0.29) is 12.3 Å². The maximum absolute atomic E-state index is 12.9. The third-order valence-corrected chi connectivity index (χ3v) is 4.86. The molecule has 11 heteroatoms. The van der Waals surface area contributed by atoms with Gasteiger partial charge in [-0.2, -0.15) is 13.2 Å². The summed E-state index contributed by atoms with van der Waals surface area (Å²) in [5.74, 6) is -1.53. The number of anilines is 1. The molecule has 4 rings (SSSR count). The van der Waals surface area contributed by atoms with Crippen molar-refractivity contribution in [2.45, 2.75) is 25.3 Å². The highest BCUT2D eigenvalue weighted by molar-refractivity contribution is 6.04. The summed E-state index contributed by atoms with van der Waals surface area (Å²) in [7, 11) is 0. The van der Waals surface area contributed by atoms with Crippen molar-refractivity contribution in [3.8, 4) is 5.75 Å². The van der Waals surface area contributed by atoms with E-state index in [1.54, 1.807) is 30.3 Å². The number of carbonyl (C=O) groups excluding carboxylic acids is 2. The topological polar surface area (TPSA) is 93.7 Å². The zero-order chi connectivity index (χ0) is 23.6. The van der Waals surface area contributed by atoms with Gasteiger partial charge in [0.1, 0.15) is 12.4 Å². The van der Waals surface area contributed by atoms with Crippen LogP contribution in [-0.2, 0) is 27.9 Å². The van der Waals surface area contributed by atoms with E-state index in [2.05, 4.69) is 15.4 Å². The number of amides is 2. The lowest BCUT2D eigenvalue weighted by Crippen LogP contribution is -2.40. The van der Waals surface area contributed by atoms with Crippen LogP contribution in [0.3, 0.4) is 0 Å². The number of nitrogens with one attached hydrogen (secondary N) is 1. The second-order valence-electron chi connectivity index (χ2n) is 7.20. The van der Waals surface area contributed by atoms with Gasteiger partial charge in [0.15, 0.2) is 0 Å². The molecule has 0 radical (unpaired) electrons. The van der Waals surface area contributed by atoms with E-state index in [0.29, 0.717) is 17.0 Å². The number of carbonyl (C=O) groups is 2. The van der Waals surface area contributed by atoms with Crippen molar-refractivity contribution in [1.82, 2.24) is 15.0 Å². The minimum atomic E-state index is -4.65. The summed E-state index contributed by atoms with van der Waals surface area (Å²) >= 11 is 0. The van der Waals surface area contributed by atoms with Gasteiger partial charge in [-0.3, -0.25) is 10.2 Å². The lowest BCUT2D eigenvalue weighted by Gasteiger charge is -2.21. The molecule has 8 nitrogen and oxygen atoms in total. The molecule has 2 aromatic carbocycles. The lowest BCUT2D eigenvalue weighted by atomic mass is 9.95. The molecule has 33 heavy (non-hydrogen) atoms. The number of ether oxygens (including phenoxy) is 2. The molecule has 1 atom stereocenters. The minimum absolute atomic E-state index is 0.0518. The normalized spacial score (nSPS) is 18.2. The van der Waals surface area contributed by atoms with Crippen molar-refractivity contribution in [2.24, 2.45) is 0 Å². The van der Waals surface area contributed by atoms with Crippen LogP contribution in [0.15, 0.2) is 66.9 Å². The maximum atomic E-state index is 12.9. The van der Waals surface area contributed by atoms with Gasteiger partial charge in [0.2, 0.25) is 11.4 Å². The van der Waals surface area contributed by atoms with Crippen molar-refractivity contribution in [2.75, 3.05) is 5.43 Å². The summed E-state index contributed by atoms with van der Waals surface area (Å²) in [6, 6.07) is 16.1. The van der Waals surface area contributed by atoms with Crippen LogP contribution in [0.25, 0.3) is 0 Å². The first-order valence-electron chi connectivity index (χ1n) is 9.68. The molecule has 3 aromatic rings. The molecule has 1 saturated heterocycles. The highest BCUT2D eigenvalue weighted by atomic mass is 19.4. The fraction of sp³-hybridized carbons (Fsp3) is 0.182. The predicted molar refractivity (Wildman–Crippen MR) is 109 cm³/mol. The third-order valence-electron chi connectivity index (χ3n) is 4.86. The number of rotatable bonds is 6. The number of aromatic nitrogens is 2. The highest BCUT2D eigenvalue weighted by Crippen LogP contribution is 2.35. The van der Waals surface area contributed by atoms with Crippen molar-refractivity contribution >= 4 is 17.7 Å². The second kappa shape index (κ2) is 8.41.